The number of halogens is 2. The van der Waals surface area contributed by atoms with Gasteiger partial charge in [0.05, 0.1) is 11.6 Å². The largest absolute Gasteiger partial charge is 0.374 e. The Morgan fingerprint density at radius 2 is 2.32 bits per heavy atom. The molecule has 5 heteroatoms. The van der Waals surface area contributed by atoms with Crippen LogP contribution in [-0.2, 0) is 11.2 Å². The van der Waals surface area contributed by atoms with Crippen molar-refractivity contribution < 1.29 is 9.13 Å². The Morgan fingerprint density at radius 1 is 1.53 bits per heavy atom. The first-order valence-corrected chi connectivity index (χ1v) is 6.97. The number of hydrogen-bond acceptors (Lipinski definition) is 3. The summed E-state index contributed by atoms with van der Waals surface area (Å²) in [5.74, 6) is 5.37. The lowest BCUT2D eigenvalue weighted by Crippen LogP contribution is -2.55. The molecule has 0 radical (unpaired) electrons. The van der Waals surface area contributed by atoms with Crippen molar-refractivity contribution in [2.75, 3.05) is 6.61 Å². The van der Waals surface area contributed by atoms with Crippen LogP contribution in [0, 0.1) is 5.82 Å². The SMILES string of the molecule is CC1(C(Cc2cc(F)ccc2Cl)NN)CCCCO1. The number of benzene rings is 1. The molecule has 0 aliphatic carbocycles. The molecule has 0 aromatic heterocycles. The van der Waals surface area contributed by atoms with E-state index in [9.17, 15) is 4.39 Å². The van der Waals surface area contributed by atoms with Gasteiger partial charge in [-0.15, -0.1) is 0 Å². The quantitative estimate of drug-likeness (QED) is 0.661. The topological polar surface area (TPSA) is 47.3 Å². The smallest absolute Gasteiger partial charge is 0.123 e. The molecule has 1 fully saturated rings. The monoisotopic (exact) mass is 286 g/mol. The number of ether oxygens (including phenoxy) is 1. The maximum absolute atomic E-state index is 13.3. The summed E-state index contributed by atoms with van der Waals surface area (Å²) in [5.41, 5.74) is 3.22. The Balaban J connectivity index is 2.16. The van der Waals surface area contributed by atoms with E-state index in [2.05, 4.69) is 5.43 Å². The molecular weight excluding hydrogens is 267 g/mol. The van der Waals surface area contributed by atoms with E-state index in [1.54, 1.807) is 6.07 Å². The van der Waals surface area contributed by atoms with Crippen molar-refractivity contribution in [2.45, 2.75) is 44.2 Å². The van der Waals surface area contributed by atoms with Gasteiger partial charge in [0.25, 0.3) is 0 Å². The fourth-order valence-corrected chi connectivity index (χ4v) is 2.80. The third-order valence-electron chi connectivity index (χ3n) is 3.87. The van der Waals surface area contributed by atoms with Gasteiger partial charge >= 0.3 is 0 Å². The first-order chi connectivity index (χ1) is 9.05. The summed E-state index contributed by atoms with van der Waals surface area (Å²) in [4.78, 5) is 0. The zero-order valence-corrected chi connectivity index (χ0v) is 11.8. The Hall–Kier alpha value is -0.680. The first-order valence-electron chi connectivity index (χ1n) is 6.59. The fourth-order valence-electron chi connectivity index (χ4n) is 2.60. The zero-order valence-electron chi connectivity index (χ0n) is 11.1. The molecular formula is C14H20ClFN2O. The van der Waals surface area contributed by atoms with E-state index < -0.39 is 0 Å². The molecule has 2 unspecified atom stereocenters. The van der Waals surface area contributed by atoms with Crippen molar-refractivity contribution in [3.8, 4) is 0 Å². The van der Waals surface area contributed by atoms with Crippen molar-refractivity contribution in [3.63, 3.8) is 0 Å². The molecule has 1 heterocycles. The molecule has 1 aromatic carbocycles. The van der Waals surface area contributed by atoms with Gasteiger partial charge in [0.15, 0.2) is 0 Å². The number of hydrazine groups is 1. The van der Waals surface area contributed by atoms with Crippen LogP contribution in [-0.4, -0.2) is 18.2 Å². The molecule has 1 aromatic rings. The minimum atomic E-state index is -0.331. The van der Waals surface area contributed by atoms with Gasteiger partial charge in [-0.2, -0.15) is 0 Å². The molecule has 3 nitrogen and oxygen atoms in total. The summed E-state index contributed by atoms with van der Waals surface area (Å²) in [6.07, 6.45) is 3.68. The molecule has 0 spiro atoms. The zero-order chi connectivity index (χ0) is 13.9. The lowest BCUT2D eigenvalue weighted by Gasteiger charge is -2.40. The summed E-state index contributed by atoms with van der Waals surface area (Å²) in [6, 6.07) is 4.30. The predicted octanol–water partition coefficient (Wildman–Crippen LogP) is 2.81. The normalized spacial score (nSPS) is 25.3. The highest BCUT2D eigenvalue weighted by molar-refractivity contribution is 6.31. The van der Waals surface area contributed by atoms with Gasteiger partial charge in [-0.1, -0.05) is 11.6 Å². The van der Waals surface area contributed by atoms with Crippen molar-refractivity contribution in [3.05, 3.63) is 34.6 Å². The van der Waals surface area contributed by atoms with Crippen molar-refractivity contribution >= 4 is 11.6 Å². The molecule has 1 aliphatic heterocycles. The van der Waals surface area contributed by atoms with Crippen LogP contribution < -0.4 is 11.3 Å². The van der Waals surface area contributed by atoms with Gasteiger partial charge in [-0.25, -0.2) is 4.39 Å². The molecule has 0 saturated carbocycles. The minimum absolute atomic E-state index is 0.0906. The van der Waals surface area contributed by atoms with Gasteiger partial charge in [0, 0.05) is 11.6 Å². The number of nitrogens with two attached hydrogens (primary N) is 1. The van der Waals surface area contributed by atoms with E-state index in [1.165, 1.54) is 12.1 Å². The third-order valence-corrected chi connectivity index (χ3v) is 4.24. The summed E-state index contributed by atoms with van der Waals surface area (Å²) in [7, 11) is 0. The Kier molecular flexibility index (Phi) is 4.79. The molecule has 1 aliphatic rings. The summed E-state index contributed by atoms with van der Waals surface area (Å²) >= 11 is 6.11. The molecule has 106 valence electrons. The van der Waals surface area contributed by atoms with E-state index in [0.29, 0.717) is 11.4 Å². The second-order valence-corrected chi connectivity index (χ2v) is 5.68. The predicted molar refractivity (Wildman–Crippen MR) is 74.4 cm³/mol. The van der Waals surface area contributed by atoms with Gasteiger partial charge < -0.3 is 4.74 Å². The van der Waals surface area contributed by atoms with E-state index >= 15 is 0 Å². The average Bonchev–Trinajstić information content (AvgIpc) is 2.40. The highest BCUT2D eigenvalue weighted by atomic mass is 35.5. The number of rotatable bonds is 4. The Bertz CT molecular complexity index is 435. The molecule has 2 atom stereocenters. The van der Waals surface area contributed by atoms with Crippen molar-refractivity contribution in [1.29, 1.82) is 0 Å². The van der Waals surface area contributed by atoms with Gasteiger partial charge in [0.2, 0.25) is 0 Å². The molecule has 0 bridgehead atoms. The number of nitrogens with one attached hydrogen (secondary N) is 1. The van der Waals surface area contributed by atoms with E-state index in [0.717, 1.165) is 31.4 Å². The fraction of sp³-hybridized carbons (Fsp3) is 0.571. The highest BCUT2D eigenvalue weighted by Gasteiger charge is 2.36. The van der Waals surface area contributed by atoms with E-state index in [1.807, 2.05) is 6.92 Å². The molecule has 2 rings (SSSR count). The first kappa shape index (κ1) is 14.7. The van der Waals surface area contributed by atoms with E-state index in [-0.39, 0.29) is 17.5 Å². The van der Waals surface area contributed by atoms with Crippen LogP contribution in [0.1, 0.15) is 31.7 Å². The van der Waals surface area contributed by atoms with Crippen LogP contribution in [0.4, 0.5) is 4.39 Å². The van der Waals surface area contributed by atoms with Gasteiger partial charge in [-0.3, -0.25) is 11.3 Å². The lowest BCUT2D eigenvalue weighted by molar-refractivity contribution is -0.0884. The standard InChI is InChI=1S/C14H20ClFN2O/c1-14(6-2-3-7-19-14)13(18-17)9-10-8-11(16)4-5-12(10)15/h4-5,8,13,18H,2-3,6-7,9,17H2,1H3. The summed E-state index contributed by atoms with van der Waals surface area (Å²) < 4.78 is 19.2. The second kappa shape index (κ2) is 6.18. The average molecular weight is 287 g/mol. The Labute approximate surface area is 118 Å². The Morgan fingerprint density at radius 3 is 2.95 bits per heavy atom. The van der Waals surface area contributed by atoms with Gasteiger partial charge in [-0.05, 0) is 56.4 Å². The lowest BCUT2D eigenvalue weighted by atomic mass is 9.85. The summed E-state index contributed by atoms with van der Waals surface area (Å²) in [6.45, 7) is 2.79. The third kappa shape index (κ3) is 3.45. The maximum atomic E-state index is 13.3. The second-order valence-electron chi connectivity index (χ2n) is 5.28. The van der Waals surface area contributed by atoms with E-state index in [4.69, 9.17) is 22.2 Å². The minimum Gasteiger partial charge on any atom is -0.374 e. The highest BCUT2D eigenvalue weighted by Crippen LogP contribution is 2.30. The molecule has 3 N–H and O–H groups in total. The summed E-state index contributed by atoms with van der Waals surface area (Å²) in [5, 5.41) is 0.557. The van der Waals surface area contributed by atoms with Crippen molar-refractivity contribution in [2.24, 2.45) is 5.84 Å². The maximum Gasteiger partial charge on any atom is 0.123 e. The van der Waals surface area contributed by atoms with Crippen LogP contribution in [0.5, 0.6) is 0 Å². The molecule has 19 heavy (non-hydrogen) atoms. The van der Waals surface area contributed by atoms with Crippen LogP contribution in [0.25, 0.3) is 0 Å². The van der Waals surface area contributed by atoms with Gasteiger partial charge in [0.1, 0.15) is 5.82 Å². The van der Waals surface area contributed by atoms with Crippen LogP contribution >= 0.6 is 11.6 Å². The molecule has 0 amide bonds. The van der Waals surface area contributed by atoms with Crippen LogP contribution in [0.3, 0.4) is 0 Å². The molecule has 1 saturated heterocycles. The van der Waals surface area contributed by atoms with Crippen LogP contribution in [0.15, 0.2) is 18.2 Å². The van der Waals surface area contributed by atoms with Crippen LogP contribution in [0.2, 0.25) is 5.02 Å². The van der Waals surface area contributed by atoms with Crippen molar-refractivity contribution in [1.82, 2.24) is 5.43 Å². The number of hydrogen-bond donors (Lipinski definition) is 2.